The maximum atomic E-state index is 12.6. The molecule has 0 radical (unpaired) electrons. The van der Waals surface area contributed by atoms with E-state index in [1.165, 1.54) is 48.4 Å². The van der Waals surface area contributed by atoms with Gasteiger partial charge in [0.25, 0.3) is 15.9 Å². The number of nitrogens with one attached hydrogen (secondary N) is 1. The number of nitrogens with zero attached hydrogens (tertiary/aromatic N) is 1. The van der Waals surface area contributed by atoms with Gasteiger partial charge < -0.3 is 10.1 Å². The molecule has 2 saturated carbocycles. The van der Waals surface area contributed by atoms with E-state index in [0.29, 0.717) is 21.6 Å². The molecule has 4 unspecified atom stereocenters. The maximum absolute atomic E-state index is 12.6. The Balaban J connectivity index is 1.29. The first-order valence-electron chi connectivity index (χ1n) is 10.4. The van der Waals surface area contributed by atoms with Crippen LogP contribution in [0, 0.1) is 17.8 Å². The van der Waals surface area contributed by atoms with Gasteiger partial charge in [-0.15, -0.1) is 11.3 Å². The van der Waals surface area contributed by atoms with Crippen LogP contribution >= 0.6 is 11.3 Å². The Morgan fingerprint density at radius 3 is 2.60 bits per heavy atom. The lowest BCUT2D eigenvalue weighted by Gasteiger charge is -2.28. The van der Waals surface area contributed by atoms with E-state index >= 15 is 0 Å². The van der Waals surface area contributed by atoms with Crippen LogP contribution < -0.4 is 14.4 Å². The summed E-state index contributed by atoms with van der Waals surface area (Å²) in [7, 11) is -2.04. The first-order valence-corrected chi connectivity index (χ1v) is 12.7. The third-order valence-electron chi connectivity index (χ3n) is 6.50. The monoisotopic (exact) mass is 448 g/mol. The molecule has 30 heavy (non-hydrogen) atoms. The van der Waals surface area contributed by atoms with Gasteiger partial charge in [-0.3, -0.25) is 9.10 Å². The summed E-state index contributed by atoms with van der Waals surface area (Å²) in [5.41, 5.74) is 0.533. The Bertz CT molecular complexity index is 973. The van der Waals surface area contributed by atoms with Crippen molar-refractivity contribution in [1.82, 2.24) is 5.32 Å². The summed E-state index contributed by atoms with van der Waals surface area (Å²) >= 11 is 1.19. The normalized spacial score (nSPS) is 23.9. The zero-order valence-corrected chi connectivity index (χ0v) is 18.9. The Kier molecular flexibility index (Phi) is 6.06. The van der Waals surface area contributed by atoms with Crippen LogP contribution in [-0.2, 0) is 14.8 Å². The molecule has 162 valence electrons. The number of thiophene rings is 1. The van der Waals surface area contributed by atoms with Gasteiger partial charge in [0, 0.05) is 13.1 Å². The zero-order chi connectivity index (χ0) is 21.3. The molecule has 0 aliphatic heterocycles. The highest BCUT2D eigenvalue weighted by atomic mass is 32.2. The van der Waals surface area contributed by atoms with Crippen molar-refractivity contribution in [3.8, 4) is 5.75 Å². The molecule has 4 atom stereocenters. The van der Waals surface area contributed by atoms with E-state index in [2.05, 4.69) is 12.2 Å². The molecule has 1 heterocycles. The molecule has 2 aliphatic rings. The summed E-state index contributed by atoms with van der Waals surface area (Å²) in [6.45, 7) is 2.05. The third-order valence-corrected chi connectivity index (χ3v) is 9.66. The van der Waals surface area contributed by atoms with E-state index in [4.69, 9.17) is 4.74 Å². The highest BCUT2D eigenvalue weighted by molar-refractivity contribution is 7.94. The number of hydrogen-bond acceptors (Lipinski definition) is 5. The highest BCUT2D eigenvalue weighted by Gasteiger charge is 2.42. The van der Waals surface area contributed by atoms with Crippen LogP contribution in [0.25, 0.3) is 0 Å². The second kappa shape index (κ2) is 8.59. The average molecular weight is 449 g/mol. The van der Waals surface area contributed by atoms with Crippen LogP contribution in [-0.4, -0.2) is 34.0 Å². The van der Waals surface area contributed by atoms with E-state index < -0.39 is 10.0 Å². The molecule has 1 aromatic carbocycles. The Morgan fingerprint density at radius 2 is 2.00 bits per heavy atom. The minimum Gasteiger partial charge on any atom is -0.484 e. The van der Waals surface area contributed by atoms with Crippen LogP contribution in [0.2, 0.25) is 0 Å². The number of amides is 1. The van der Waals surface area contributed by atoms with Gasteiger partial charge in [0.2, 0.25) is 0 Å². The van der Waals surface area contributed by atoms with Crippen molar-refractivity contribution in [1.29, 1.82) is 0 Å². The first kappa shape index (κ1) is 21.2. The molecule has 6 nitrogen and oxygen atoms in total. The van der Waals surface area contributed by atoms with Gasteiger partial charge in [0.15, 0.2) is 6.61 Å². The van der Waals surface area contributed by atoms with E-state index in [0.717, 1.165) is 11.8 Å². The number of ether oxygens (including phenoxy) is 1. The van der Waals surface area contributed by atoms with Gasteiger partial charge in [0.05, 0.1) is 5.69 Å². The van der Waals surface area contributed by atoms with Crippen LogP contribution in [0.15, 0.2) is 46.0 Å². The fourth-order valence-electron chi connectivity index (χ4n) is 4.89. The lowest BCUT2D eigenvalue weighted by Crippen LogP contribution is -2.42. The molecule has 4 rings (SSSR count). The Hall–Kier alpha value is -2.06. The fraction of sp³-hybridized carbons (Fsp3) is 0.500. The van der Waals surface area contributed by atoms with Crippen molar-refractivity contribution in [2.75, 3.05) is 18.0 Å². The SMILES string of the molecule is CC(NC(=O)COc1ccc(N(C)S(=O)(=O)c2cccs2)cc1)C1CC2CCC1C2. The van der Waals surface area contributed by atoms with Crippen molar-refractivity contribution < 1.29 is 17.9 Å². The predicted molar refractivity (Wildman–Crippen MR) is 118 cm³/mol. The molecule has 2 aromatic rings. The van der Waals surface area contributed by atoms with E-state index in [9.17, 15) is 13.2 Å². The lowest BCUT2D eigenvalue weighted by atomic mass is 9.84. The summed E-state index contributed by atoms with van der Waals surface area (Å²) in [4.78, 5) is 12.3. The number of rotatable bonds is 8. The topological polar surface area (TPSA) is 75.7 Å². The molecular formula is C22H28N2O4S2. The molecule has 2 bridgehead atoms. The largest absolute Gasteiger partial charge is 0.484 e. The summed E-state index contributed by atoms with van der Waals surface area (Å²) in [6, 6.07) is 10.2. The highest BCUT2D eigenvalue weighted by Crippen LogP contribution is 2.49. The molecular weight excluding hydrogens is 420 g/mol. The molecule has 1 aromatic heterocycles. The quantitative estimate of drug-likeness (QED) is 0.665. The van der Waals surface area contributed by atoms with E-state index in [-0.39, 0.29) is 18.6 Å². The minimum atomic E-state index is -3.57. The second-order valence-electron chi connectivity index (χ2n) is 8.38. The molecule has 2 fully saturated rings. The number of sulfonamides is 1. The first-order chi connectivity index (χ1) is 14.3. The van der Waals surface area contributed by atoms with Gasteiger partial charge in [-0.25, -0.2) is 8.42 Å². The second-order valence-corrected chi connectivity index (χ2v) is 11.5. The zero-order valence-electron chi connectivity index (χ0n) is 17.3. The van der Waals surface area contributed by atoms with Crippen molar-refractivity contribution in [3.63, 3.8) is 0 Å². The molecule has 0 saturated heterocycles. The smallest absolute Gasteiger partial charge is 0.273 e. The number of fused-ring (bicyclic) bond motifs is 2. The van der Waals surface area contributed by atoms with Crippen molar-refractivity contribution in [2.45, 2.75) is 42.9 Å². The standard InChI is InChI=1S/C22H28N2O4S2/c1-15(20-13-16-5-6-17(20)12-16)23-21(25)14-28-19-9-7-18(8-10-19)24(2)30(26,27)22-4-3-11-29-22/h3-4,7-11,15-17,20H,5-6,12-14H2,1-2H3,(H,23,25). The molecule has 1 N–H and O–H groups in total. The van der Waals surface area contributed by atoms with Crippen molar-refractivity contribution in [2.24, 2.45) is 17.8 Å². The fourth-order valence-corrected chi connectivity index (χ4v) is 7.25. The number of benzene rings is 1. The number of carbonyl (C=O) groups excluding carboxylic acids is 1. The number of anilines is 1. The minimum absolute atomic E-state index is 0.0478. The van der Waals surface area contributed by atoms with Gasteiger partial charge in [-0.1, -0.05) is 12.5 Å². The van der Waals surface area contributed by atoms with Gasteiger partial charge in [-0.2, -0.15) is 0 Å². The molecule has 0 spiro atoms. The van der Waals surface area contributed by atoms with E-state index in [1.54, 1.807) is 41.8 Å². The third kappa shape index (κ3) is 4.34. The van der Waals surface area contributed by atoms with E-state index in [1.807, 2.05) is 0 Å². The van der Waals surface area contributed by atoms with Crippen molar-refractivity contribution >= 4 is 33.0 Å². The average Bonchev–Trinajstić information content (AvgIpc) is 3.50. The molecule has 8 heteroatoms. The Morgan fingerprint density at radius 1 is 1.23 bits per heavy atom. The van der Waals surface area contributed by atoms with Crippen LogP contribution in [0.4, 0.5) is 5.69 Å². The van der Waals surface area contributed by atoms with Crippen LogP contribution in [0.1, 0.15) is 32.6 Å². The number of carbonyl (C=O) groups is 1. The maximum Gasteiger partial charge on any atom is 0.273 e. The van der Waals surface area contributed by atoms with Crippen LogP contribution in [0.5, 0.6) is 5.75 Å². The summed E-state index contributed by atoms with van der Waals surface area (Å²) in [5, 5.41) is 4.83. The summed E-state index contributed by atoms with van der Waals surface area (Å²) in [6.07, 6.45) is 5.21. The molecule has 1 amide bonds. The lowest BCUT2D eigenvalue weighted by molar-refractivity contribution is -0.124. The Labute approximate surface area is 182 Å². The van der Waals surface area contributed by atoms with Crippen molar-refractivity contribution in [3.05, 3.63) is 41.8 Å². The summed E-state index contributed by atoms with van der Waals surface area (Å²) in [5.74, 6) is 2.63. The predicted octanol–water partition coefficient (Wildman–Crippen LogP) is 3.89. The van der Waals surface area contributed by atoms with Gasteiger partial charge >= 0.3 is 0 Å². The summed E-state index contributed by atoms with van der Waals surface area (Å²) < 4.78 is 32.4. The van der Waals surface area contributed by atoms with Crippen LogP contribution in [0.3, 0.4) is 0 Å². The molecule has 2 aliphatic carbocycles. The number of hydrogen-bond donors (Lipinski definition) is 1. The van der Waals surface area contributed by atoms with Gasteiger partial charge in [-0.05, 0) is 79.7 Å². The van der Waals surface area contributed by atoms with Gasteiger partial charge in [0.1, 0.15) is 9.96 Å².